The Labute approximate surface area is 591 Å². The van der Waals surface area contributed by atoms with Crippen LogP contribution >= 0.6 is 0 Å². The minimum atomic E-state index is -1.04. The lowest BCUT2D eigenvalue weighted by atomic mass is 9.66. The largest absolute Gasteiger partial charge is 0.472 e. The third-order valence-corrected chi connectivity index (χ3v) is 23.9. The van der Waals surface area contributed by atoms with E-state index >= 15 is 0 Å². The van der Waals surface area contributed by atoms with Crippen LogP contribution in [0.25, 0.3) is 67.1 Å². The third kappa shape index (κ3) is 8.71. The summed E-state index contributed by atoms with van der Waals surface area (Å²) in [6, 6.07) is 103. The van der Waals surface area contributed by atoms with Crippen molar-refractivity contribution < 1.29 is 18.9 Å². The van der Waals surface area contributed by atoms with Crippen molar-refractivity contribution in [2.45, 2.75) is 54.6 Å². The highest BCUT2D eigenvalue weighted by atomic mass is 16.5. The SMILES string of the molecule is CC1(C)c2ccccc2-c2c1c1c(c3ccccc23)OC(c2ccc(N3CCOCC3)cc2)(c2ccc3c(c2)C(c2ccccc2)(c2ccc(CC4(C)c5ccccc5-c5c4c4c(c6ccccc56)OC(c5ccccc5)(c5ccc(N6CCOCC6)cc5)C=C4)cc2)c2ccccc2-3)C=C1. The first-order valence-electron chi connectivity index (χ1n) is 36.1. The lowest BCUT2D eigenvalue weighted by Crippen LogP contribution is -2.37. The van der Waals surface area contributed by atoms with Crippen LogP contribution in [-0.4, -0.2) is 52.6 Å². The predicted octanol–water partition coefficient (Wildman–Crippen LogP) is 20.6. The number of rotatable bonds is 10. The summed E-state index contributed by atoms with van der Waals surface area (Å²) in [7, 11) is 0. The van der Waals surface area contributed by atoms with Gasteiger partial charge in [-0.05, 0) is 143 Å². The molecule has 4 aliphatic heterocycles. The lowest BCUT2D eigenvalue weighted by molar-refractivity contribution is 0.122. The second-order valence-corrected chi connectivity index (χ2v) is 29.4. The van der Waals surface area contributed by atoms with Gasteiger partial charge in [0.15, 0.2) is 11.2 Å². The molecule has 101 heavy (non-hydrogen) atoms. The van der Waals surface area contributed by atoms with Gasteiger partial charge in [0, 0.05) is 92.5 Å². The molecule has 6 nitrogen and oxygen atoms in total. The van der Waals surface area contributed by atoms with Gasteiger partial charge < -0.3 is 28.7 Å². The molecular formula is C95H76N2O4. The first-order chi connectivity index (χ1) is 49.7. The van der Waals surface area contributed by atoms with E-state index in [0.717, 1.165) is 101 Å². The number of ether oxygens (including phenoxy) is 4. The van der Waals surface area contributed by atoms with Crippen molar-refractivity contribution in [3.8, 4) is 44.9 Å². The van der Waals surface area contributed by atoms with Crippen molar-refractivity contribution in [1.82, 2.24) is 0 Å². The van der Waals surface area contributed by atoms with Gasteiger partial charge in [-0.3, -0.25) is 0 Å². The molecule has 4 heterocycles. The summed E-state index contributed by atoms with van der Waals surface area (Å²) in [5, 5.41) is 4.64. The monoisotopic (exact) mass is 1310 g/mol. The second kappa shape index (κ2) is 22.8. The number of morpholine rings is 2. The second-order valence-electron chi connectivity index (χ2n) is 29.4. The zero-order valence-corrected chi connectivity index (χ0v) is 57.2. The van der Waals surface area contributed by atoms with Crippen molar-refractivity contribution in [3.05, 3.63) is 369 Å². The fraction of sp³-hybridized carbons (Fsp3) is 0.179. The number of anilines is 2. The molecule has 7 aliphatic rings. The topological polar surface area (TPSA) is 43.4 Å². The minimum absolute atomic E-state index is 0.267. The molecule has 0 radical (unpaired) electrons. The van der Waals surface area contributed by atoms with Crippen LogP contribution in [-0.2, 0) is 43.3 Å². The van der Waals surface area contributed by atoms with Gasteiger partial charge in [-0.25, -0.2) is 0 Å². The highest BCUT2D eigenvalue weighted by Gasteiger charge is 2.51. The molecular weight excluding hydrogens is 1230 g/mol. The fourth-order valence-electron chi connectivity index (χ4n) is 19.2. The maximum absolute atomic E-state index is 8.16. The minimum Gasteiger partial charge on any atom is -0.472 e. The Bertz CT molecular complexity index is 5570. The molecule has 2 fully saturated rings. The molecule has 3 aliphatic carbocycles. The standard InChI is InChI=1S/C95H76N2O4/c1-91(2)81-31-17-15-29-77(81)85-73-25-10-12-27-75(73)89-79(87(85)91)48-51-94(101-89,65-40-45-70(46-41-65)97-54-58-99-59-55-97)68-42-47-72-71-24-14-19-33-83(71)95(84(72)60-68,66-22-8-5-9-23-66)67-36-34-62(35-37-67)61-92(3)82-32-18-16-30-78(82)86-74-26-11-13-28-76(74)90-80(88(86)92)49-50-93(100-90,63-20-6-4-7-21-63)64-38-43-69(44-39-64)96-52-56-98-57-53-96/h4-51,60H,52-59,61H2,1-3H3. The number of hydrogen-bond donors (Lipinski definition) is 0. The van der Waals surface area contributed by atoms with Gasteiger partial charge in [0.05, 0.1) is 31.8 Å². The van der Waals surface area contributed by atoms with E-state index in [-0.39, 0.29) is 5.41 Å². The molecule has 4 atom stereocenters. The van der Waals surface area contributed by atoms with Crippen LogP contribution in [0.2, 0.25) is 0 Å². The highest BCUT2D eigenvalue weighted by molar-refractivity contribution is 6.10. The summed E-state index contributed by atoms with van der Waals surface area (Å²) < 4.78 is 27.6. The van der Waals surface area contributed by atoms with Crippen LogP contribution in [0, 0.1) is 0 Å². The molecule has 0 saturated carbocycles. The Balaban J connectivity index is 0.737. The van der Waals surface area contributed by atoms with Crippen LogP contribution in [0.3, 0.4) is 0 Å². The number of fused-ring (bicyclic) bond motifs is 19. The lowest BCUT2D eigenvalue weighted by Gasteiger charge is -2.40. The molecule has 0 amide bonds. The molecule has 20 rings (SSSR count). The van der Waals surface area contributed by atoms with Crippen LogP contribution in [0.15, 0.2) is 285 Å². The maximum Gasteiger partial charge on any atom is 0.178 e. The van der Waals surface area contributed by atoms with E-state index in [2.05, 4.69) is 328 Å². The van der Waals surface area contributed by atoms with Gasteiger partial charge in [0.1, 0.15) is 11.5 Å². The van der Waals surface area contributed by atoms with Crippen molar-refractivity contribution in [2.75, 3.05) is 62.4 Å². The third-order valence-electron chi connectivity index (χ3n) is 23.9. The summed E-state index contributed by atoms with van der Waals surface area (Å²) in [6.07, 6.45) is 10.3. The summed E-state index contributed by atoms with van der Waals surface area (Å²) in [6.45, 7) is 13.6. The predicted molar refractivity (Wildman–Crippen MR) is 411 cm³/mol. The average molecular weight is 1310 g/mol. The van der Waals surface area contributed by atoms with E-state index in [4.69, 9.17) is 18.9 Å². The zero-order valence-electron chi connectivity index (χ0n) is 57.2. The maximum atomic E-state index is 8.16. The van der Waals surface area contributed by atoms with Gasteiger partial charge in [-0.2, -0.15) is 0 Å². The van der Waals surface area contributed by atoms with Crippen molar-refractivity contribution >= 4 is 45.1 Å². The molecule has 0 aromatic heterocycles. The molecule has 13 aromatic carbocycles. The van der Waals surface area contributed by atoms with Crippen LogP contribution in [0.1, 0.15) is 104 Å². The van der Waals surface area contributed by atoms with Gasteiger partial charge in [-0.1, -0.05) is 276 Å². The highest BCUT2D eigenvalue weighted by Crippen LogP contribution is 2.63. The quantitative estimate of drug-likeness (QED) is 0.136. The Hall–Kier alpha value is -11.0. The molecule has 13 aromatic rings. The smallest absolute Gasteiger partial charge is 0.178 e. The van der Waals surface area contributed by atoms with E-state index in [1.54, 1.807) is 0 Å². The van der Waals surface area contributed by atoms with Crippen molar-refractivity contribution in [1.29, 1.82) is 0 Å². The van der Waals surface area contributed by atoms with Crippen LogP contribution < -0.4 is 19.3 Å². The van der Waals surface area contributed by atoms with Crippen LogP contribution in [0.5, 0.6) is 11.5 Å². The summed E-state index contributed by atoms with van der Waals surface area (Å²) in [5.74, 6) is 1.83. The van der Waals surface area contributed by atoms with Gasteiger partial charge >= 0.3 is 0 Å². The number of benzene rings is 13. The molecule has 6 heteroatoms. The molecule has 2 saturated heterocycles. The fourth-order valence-corrected chi connectivity index (χ4v) is 19.2. The Kier molecular flexibility index (Phi) is 13.5. The summed E-state index contributed by atoms with van der Waals surface area (Å²) in [5.41, 5.74) is 24.7. The average Bonchev–Trinajstić information content (AvgIpc) is 1.58. The van der Waals surface area contributed by atoms with Gasteiger partial charge in [0.2, 0.25) is 0 Å². The van der Waals surface area contributed by atoms with Crippen molar-refractivity contribution in [3.63, 3.8) is 0 Å². The summed E-state index contributed by atoms with van der Waals surface area (Å²) >= 11 is 0. The van der Waals surface area contributed by atoms with E-state index in [1.165, 1.54) is 106 Å². The Morgan fingerprint density at radius 1 is 0.337 bits per heavy atom. The molecule has 0 spiro atoms. The normalized spacial score (nSPS) is 21.5. The first kappa shape index (κ1) is 60.0. The van der Waals surface area contributed by atoms with Gasteiger partial charge in [0.25, 0.3) is 0 Å². The molecule has 490 valence electrons. The number of hydrogen-bond acceptors (Lipinski definition) is 6. The molecule has 0 N–H and O–H groups in total. The van der Waals surface area contributed by atoms with Crippen LogP contribution in [0.4, 0.5) is 11.4 Å². The summed E-state index contributed by atoms with van der Waals surface area (Å²) in [4.78, 5) is 4.85. The Morgan fingerprint density at radius 3 is 1.32 bits per heavy atom. The van der Waals surface area contributed by atoms with E-state index in [0.29, 0.717) is 13.2 Å². The van der Waals surface area contributed by atoms with Gasteiger partial charge in [-0.15, -0.1) is 0 Å². The van der Waals surface area contributed by atoms with E-state index in [1.807, 2.05) is 0 Å². The Morgan fingerprint density at radius 2 is 0.743 bits per heavy atom. The zero-order chi connectivity index (χ0) is 67.2. The van der Waals surface area contributed by atoms with E-state index in [9.17, 15) is 0 Å². The number of nitrogens with zero attached hydrogens (tertiary/aromatic N) is 2. The van der Waals surface area contributed by atoms with Crippen molar-refractivity contribution in [2.24, 2.45) is 0 Å². The molecule has 4 unspecified atom stereocenters. The molecule has 0 bridgehead atoms. The van der Waals surface area contributed by atoms with E-state index < -0.39 is 22.0 Å². The first-order valence-corrected chi connectivity index (χ1v) is 36.1.